The molecular weight excluding hydrogens is 176 g/mol. The van der Waals surface area contributed by atoms with Crippen molar-refractivity contribution in [2.24, 2.45) is 0 Å². The van der Waals surface area contributed by atoms with Crippen molar-refractivity contribution in [3.8, 4) is 0 Å². The van der Waals surface area contributed by atoms with Crippen LogP contribution in [-0.4, -0.2) is 14.9 Å². The minimum Gasteiger partial charge on any atom is -0.413 e. The van der Waals surface area contributed by atoms with Gasteiger partial charge in [0.15, 0.2) is 0 Å². The van der Waals surface area contributed by atoms with Gasteiger partial charge in [-0.05, 0) is 19.0 Å². The molecule has 2 heteroatoms. The number of unbranched alkanes of at least 4 members (excludes halogenated alkanes) is 1. The van der Waals surface area contributed by atoms with Crippen LogP contribution < -0.4 is 0 Å². The van der Waals surface area contributed by atoms with Crippen molar-refractivity contribution < 1.29 is 4.43 Å². The summed E-state index contributed by atoms with van der Waals surface area (Å²) >= 11 is 0. The molecule has 0 aliphatic carbocycles. The first-order valence-corrected chi connectivity index (χ1v) is 7.92. The fourth-order valence-corrected chi connectivity index (χ4v) is 5.16. The van der Waals surface area contributed by atoms with E-state index in [9.17, 15) is 0 Å². The summed E-state index contributed by atoms with van der Waals surface area (Å²) in [6.45, 7) is 11.4. The molecule has 0 saturated carbocycles. The Morgan fingerprint density at radius 3 is 2.23 bits per heavy atom. The second-order valence-corrected chi connectivity index (χ2v) is 7.38. The van der Waals surface area contributed by atoms with Crippen molar-refractivity contribution in [3.05, 3.63) is 12.3 Å². The maximum absolute atomic E-state index is 5.94. The summed E-state index contributed by atoms with van der Waals surface area (Å²) in [6.07, 6.45) is 3.78. The molecule has 0 bridgehead atoms. The van der Waals surface area contributed by atoms with E-state index in [1.807, 2.05) is 0 Å². The van der Waals surface area contributed by atoms with Crippen molar-refractivity contribution in [2.45, 2.75) is 52.1 Å². The number of rotatable bonds is 8. The van der Waals surface area contributed by atoms with Crippen LogP contribution in [0.2, 0.25) is 12.1 Å². The monoisotopic (exact) mass is 200 g/mol. The van der Waals surface area contributed by atoms with Gasteiger partial charge in [-0.15, -0.1) is 6.58 Å². The van der Waals surface area contributed by atoms with Gasteiger partial charge in [-0.1, -0.05) is 38.8 Å². The molecule has 0 spiro atoms. The molecule has 0 aromatic carbocycles. The molecule has 0 radical (unpaired) electrons. The van der Waals surface area contributed by atoms with Crippen LogP contribution in [-0.2, 0) is 4.43 Å². The first-order valence-electron chi connectivity index (χ1n) is 5.52. The minimum atomic E-state index is -1.53. The molecule has 13 heavy (non-hydrogen) atoms. The molecule has 0 aliphatic heterocycles. The second kappa shape index (κ2) is 7.33. The van der Waals surface area contributed by atoms with E-state index < -0.39 is 8.32 Å². The quantitative estimate of drug-likeness (QED) is 0.540. The van der Waals surface area contributed by atoms with Gasteiger partial charge in [-0.2, -0.15) is 0 Å². The molecule has 0 aromatic rings. The highest BCUT2D eigenvalue weighted by molar-refractivity contribution is 6.78. The Bertz CT molecular complexity index is 128. The summed E-state index contributed by atoms with van der Waals surface area (Å²) in [5.74, 6) is 0. The molecule has 0 rings (SSSR count). The third kappa shape index (κ3) is 4.63. The molecule has 78 valence electrons. The Kier molecular flexibility index (Phi) is 7.29. The maximum atomic E-state index is 5.94. The van der Waals surface area contributed by atoms with Crippen molar-refractivity contribution in [1.82, 2.24) is 0 Å². The summed E-state index contributed by atoms with van der Waals surface area (Å²) in [4.78, 5) is 0. The topological polar surface area (TPSA) is 9.23 Å². The number of hydrogen-bond acceptors (Lipinski definition) is 1. The summed E-state index contributed by atoms with van der Waals surface area (Å²) < 4.78 is 5.94. The molecule has 1 atom stereocenters. The van der Waals surface area contributed by atoms with Gasteiger partial charge in [-0.25, -0.2) is 0 Å². The Balaban J connectivity index is 4.16. The van der Waals surface area contributed by atoms with Crippen LogP contribution in [0.25, 0.3) is 0 Å². The van der Waals surface area contributed by atoms with Crippen molar-refractivity contribution >= 4 is 8.32 Å². The highest BCUT2D eigenvalue weighted by Gasteiger charge is 2.28. The minimum absolute atomic E-state index is 0.849. The zero-order valence-electron chi connectivity index (χ0n) is 9.44. The van der Waals surface area contributed by atoms with Crippen LogP contribution in [0, 0.1) is 0 Å². The first-order chi connectivity index (χ1) is 6.24. The van der Waals surface area contributed by atoms with Gasteiger partial charge in [0.25, 0.3) is 0 Å². The molecule has 0 heterocycles. The smallest absolute Gasteiger partial charge is 0.216 e. The summed E-state index contributed by atoms with van der Waals surface area (Å²) in [7, 11) is -1.53. The SMILES string of the molecule is C=C[Si](CCC)(CCCC)OCC. The predicted octanol–water partition coefficient (Wildman–Crippen LogP) is 3.90. The van der Waals surface area contributed by atoms with E-state index >= 15 is 0 Å². The van der Waals surface area contributed by atoms with E-state index in [0.717, 1.165) is 6.61 Å². The fourth-order valence-electron chi connectivity index (χ4n) is 1.72. The predicted molar refractivity (Wildman–Crippen MR) is 62.4 cm³/mol. The third-order valence-corrected chi connectivity index (χ3v) is 6.58. The average Bonchev–Trinajstić information content (AvgIpc) is 2.15. The highest BCUT2D eigenvalue weighted by atomic mass is 28.4. The first kappa shape index (κ1) is 12.9. The lowest BCUT2D eigenvalue weighted by Gasteiger charge is -2.27. The van der Waals surface area contributed by atoms with Gasteiger partial charge in [0.05, 0.1) is 0 Å². The highest BCUT2D eigenvalue weighted by Crippen LogP contribution is 2.23. The zero-order valence-corrected chi connectivity index (χ0v) is 10.4. The Hall–Kier alpha value is -0.0831. The molecule has 0 fully saturated rings. The molecule has 0 aromatic heterocycles. The van der Waals surface area contributed by atoms with Crippen LogP contribution in [0.3, 0.4) is 0 Å². The summed E-state index contributed by atoms with van der Waals surface area (Å²) in [5.41, 5.74) is 2.13. The van der Waals surface area contributed by atoms with E-state index in [1.54, 1.807) is 0 Å². The van der Waals surface area contributed by atoms with E-state index in [4.69, 9.17) is 4.43 Å². The lowest BCUT2D eigenvalue weighted by atomic mass is 10.4. The van der Waals surface area contributed by atoms with Crippen LogP contribution >= 0.6 is 0 Å². The Morgan fingerprint density at radius 2 is 1.85 bits per heavy atom. The van der Waals surface area contributed by atoms with Crippen LogP contribution in [0.15, 0.2) is 12.3 Å². The molecular formula is C11H24OSi. The lowest BCUT2D eigenvalue weighted by Crippen LogP contribution is -2.35. The van der Waals surface area contributed by atoms with Crippen LogP contribution in [0.1, 0.15) is 40.0 Å². The van der Waals surface area contributed by atoms with Gasteiger partial charge >= 0.3 is 0 Å². The third-order valence-electron chi connectivity index (χ3n) is 2.43. The van der Waals surface area contributed by atoms with Gasteiger partial charge in [0.2, 0.25) is 8.32 Å². The van der Waals surface area contributed by atoms with Gasteiger partial charge < -0.3 is 4.43 Å². The van der Waals surface area contributed by atoms with Gasteiger partial charge in [0, 0.05) is 6.61 Å². The Labute approximate surface area is 84.3 Å². The molecule has 1 nitrogen and oxygen atoms in total. The van der Waals surface area contributed by atoms with Crippen LogP contribution in [0.4, 0.5) is 0 Å². The van der Waals surface area contributed by atoms with E-state index in [2.05, 4.69) is 33.0 Å². The van der Waals surface area contributed by atoms with E-state index in [0.29, 0.717) is 0 Å². The lowest BCUT2D eigenvalue weighted by molar-refractivity contribution is 0.326. The fraction of sp³-hybridized carbons (Fsp3) is 0.818. The van der Waals surface area contributed by atoms with E-state index in [1.165, 1.54) is 31.4 Å². The standard InChI is InChI=1S/C11H24OSi/c1-5-9-11-13(8-4,10-6-2)12-7-3/h8H,4-7,9-11H2,1-3H3. The van der Waals surface area contributed by atoms with Gasteiger partial charge in [0.1, 0.15) is 0 Å². The maximum Gasteiger partial charge on any atom is 0.216 e. The van der Waals surface area contributed by atoms with Gasteiger partial charge in [-0.3, -0.25) is 0 Å². The van der Waals surface area contributed by atoms with Crippen molar-refractivity contribution in [3.63, 3.8) is 0 Å². The summed E-state index contributed by atoms with van der Waals surface area (Å²) in [6, 6.07) is 2.50. The van der Waals surface area contributed by atoms with E-state index in [-0.39, 0.29) is 0 Å². The molecule has 0 saturated heterocycles. The van der Waals surface area contributed by atoms with Crippen molar-refractivity contribution in [2.75, 3.05) is 6.61 Å². The van der Waals surface area contributed by atoms with Crippen LogP contribution in [0.5, 0.6) is 0 Å². The molecule has 0 N–H and O–H groups in total. The Morgan fingerprint density at radius 1 is 1.15 bits per heavy atom. The summed E-state index contributed by atoms with van der Waals surface area (Å²) in [5, 5.41) is 0. The zero-order chi connectivity index (χ0) is 10.2. The number of hydrogen-bond donors (Lipinski definition) is 0. The second-order valence-electron chi connectivity index (χ2n) is 3.56. The molecule has 0 aliphatic rings. The largest absolute Gasteiger partial charge is 0.413 e. The normalized spacial score (nSPS) is 15.3. The van der Waals surface area contributed by atoms with Crippen molar-refractivity contribution in [1.29, 1.82) is 0 Å². The molecule has 0 amide bonds. The molecule has 1 unspecified atom stereocenters. The average molecular weight is 200 g/mol.